The lowest BCUT2D eigenvalue weighted by atomic mass is 10.1. The van der Waals surface area contributed by atoms with Crippen LogP contribution in [-0.2, 0) is 26.3 Å². The quantitative estimate of drug-likeness (QED) is 0.177. The highest BCUT2D eigenvalue weighted by Gasteiger charge is 2.36. The highest BCUT2D eigenvalue weighted by Crippen LogP contribution is 2.33. The molecule has 0 saturated carbocycles. The largest absolute Gasteiger partial charge is 0.493 e. The predicted octanol–water partition coefficient (Wildman–Crippen LogP) is 4.62. The van der Waals surface area contributed by atoms with E-state index < -0.39 is 28.0 Å². The number of amides is 4. The van der Waals surface area contributed by atoms with E-state index in [1.54, 1.807) is 30.3 Å². The van der Waals surface area contributed by atoms with E-state index in [0.717, 1.165) is 16.9 Å². The summed E-state index contributed by atoms with van der Waals surface area (Å²) < 4.78 is 47.5. The van der Waals surface area contributed by atoms with Crippen molar-refractivity contribution in [1.82, 2.24) is 10.2 Å². The summed E-state index contributed by atoms with van der Waals surface area (Å²) in [5.41, 5.74) is 1.51. The summed E-state index contributed by atoms with van der Waals surface area (Å²) in [7, 11) is -2.83. The smallest absolute Gasteiger partial charge is 0.339 e. The van der Waals surface area contributed by atoms with E-state index in [-0.39, 0.29) is 28.5 Å². The number of imide groups is 2. The first-order valence-electron chi connectivity index (χ1n) is 13.5. The van der Waals surface area contributed by atoms with Crippen LogP contribution in [0.4, 0.5) is 4.79 Å². The monoisotopic (exact) mass is 608 g/mol. The topological polar surface area (TPSA) is 138 Å². The van der Waals surface area contributed by atoms with Crippen LogP contribution in [0.2, 0.25) is 0 Å². The van der Waals surface area contributed by atoms with Gasteiger partial charge in [0.2, 0.25) is 0 Å². The molecule has 0 unspecified atom stereocenters. The van der Waals surface area contributed by atoms with Crippen molar-refractivity contribution in [1.29, 1.82) is 0 Å². The third kappa shape index (κ3) is 7.33. The molecule has 0 atom stereocenters. The van der Waals surface area contributed by atoms with Crippen molar-refractivity contribution >= 4 is 34.0 Å². The van der Waals surface area contributed by atoms with Crippen molar-refractivity contribution in [3.8, 4) is 23.0 Å². The van der Waals surface area contributed by atoms with Crippen LogP contribution in [0, 0.1) is 6.92 Å². The number of urea groups is 1. The van der Waals surface area contributed by atoms with Crippen molar-refractivity contribution in [2.24, 2.45) is 0 Å². The number of carbonyl (C=O) groups is 3. The molecule has 1 heterocycles. The molecule has 4 rings (SSSR count). The highest BCUT2D eigenvalue weighted by molar-refractivity contribution is 7.87. The zero-order chi connectivity index (χ0) is 31.1. The fourth-order valence-electron chi connectivity index (χ4n) is 4.15. The van der Waals surface area contributed by atoms with Gasteiger partial charge in [-0.05, 0) is 73.9 Å². The second-order valence-electron chi connectivity index (χ2n) is 9.53. The lowest BCUT2D eigenvalue weighted by molar-refractivity contribution is -0.130. The molecule has 0 aliphatic carbocycles. The van der Waals surface area contributed by atoms with Crippen LogP contribution in [-0.4, -0.2) is 51.5 Å². The number of nitrogens with one attached hydrogen (secondary N) is 1. The second-order valence-corrected chi connectivity index (χ2v) is 11.1. The molecule has 4 amide bonds. The van der Waals surface area contributed by atoms with Crippen molar-refractivity contribution < 1.29 is 41.2 Å². The SMILES string of the molecule is CCCOc1ccc(CN2C(=O)NC(=O)/C(=C\c3ccc(OS(=O)(=O)c4ccc(C)cc4)c(OC)c3)C2=O)cc1OCC. The molecule has 0 spiro atoms. The van der Waals surface area contributed by atoms with Crippen LogP contribution < -0.4 is 23.7 Å². The zero-order valence-electron chi connectivity index (χ0n) is 24.2. The van der Waals surface area contributed by atoms with Gasteiger partial charge in [-0.2, -0.15) is 8.42 Å². The van der Waals surface area contributed by atoms with Crippen LogP contribution in [0.5, 0.6) is 23.0 Å². The lowest BCUT2D eigenvalue weighted by Crippen LogP contribution is -2.53. The molecule has 12 heteroatoms. The molecule has 3 aromatic carbocycles. The molecule has 0 bridgehead atoms. The van der Waals surface area contributed by atoms with Crippen LogP contribution in [0.25, 0.3) is 6.08 Å². The van der Waals surface area contributed by atoms with Gasteiger partial charge < -0.3 is 18.4 Å². The van der Waals surface area contributed by atoms with Gasteiger partial charge in [-0.15, -0.1) is 0 Å². The summed E-state index contributed by atoms with van der Waals surface area (Å²) >= 11 is 0. The highest BCUT2D eigenvalue weighted by atomic mass is 32.2. The zero-order valence-corrected chi connectivity index (χ0v) is 25.0. The molecule has 11 nitrogen and oxygen atoms in total. The molecule has 1 fully saturated rings. The summed E-state index contributed by atoms with van der Waals surface area (Å²) in [5.74, 6) is -0.687. The molecule has 1 N–H and O–H groups in total. The number of hydrogen-bond acceptors (Lipinski definition) is 9. The number of rotatable bonds is 12. The van der Waals surface area contributed by atoms with E-state index in [9.17, 15) is 22.8 Å². The van der Waals surface area contributed by atoms with Gasteiger partial charge in [0.25, 0.3) is 11.8 Å². The van der Waals surface area contributed by atoms with Crippen LogP contribution in [0.1, 0.15) is 37.0 Å². The van der Waals surface area contributed by atoms with Gasteiger partial charge in [0.05, 0.1) is 26.9 Å². The number of benzene rings is 3. The maximum absolute atomic E-state index is 13.3. The number of barbiturate groups is 1. The number of carbonyl (C=O) groups excluding carboxylic acids is 3. The number of nitrogens with zero attached hydrogens (tertiary/aromatic N) is 1. The van der Waals surface area contributed by atoms with Gasteiger partial charge >= 0.3 is 16.1 Å². The molecule has 1 aliphatic rings. The Balaban J connectivity index is 1.58. The summed E-state index contributed by atoms with van der Waals surface area (Å²) in [4.78, 5) is 39.5. The predicted molar refractivity (Wildman–Crippen MR) is 157 cm³/mol. The third-order valence-corrected chi connectivity index (χ3v) is 7.55. The molecule has 226 valence electrons. The second kappa shape index (κ2) is 13.4. The van der Waals surface area contributed by atoms with Crippen molar-refractivity contribution in [2.45, 2.75) is 38.6 Å². The molecule has 0 radical (unpaired) electrons. The molecule has 1 saturated heterocycles. The molecular weight excluding hydrogens is 576 g/mol. The van der Waals surface area contributed by atoms with Gasteiger partial charge in [0, 0.05) is 0 Å². The number of ether oxygens (including phenoxy) is 3. The Hall–Kier alpha value is -4.84. The molecule has 1 aliphatic heterocycles. The van der Waals surface area contributed by atoms with Gasteiger partial charge in [0.15, 0.2) is 23.0 Å². The Morgan fingerprint density at radius 1 is 0.860 bits per heavy atom. The summed E-state index contributed by atoms with van der Waals surface area (Å²) in [6.07, 6.45) is 2.10. The van der Waals surface area contributed by atoms with Crippen molar-refractivity contribution in [2.75, 3.05) is 20.3 Å². The fourth-order valence-corrected chi connectivity index (χ4v) is 5.09. The summed E-state index contributed by atoms with van der Waals surface area (Å²) in [6, 6.07) is 14.6. The first-order chi connectivity index (χ1) is 20.6. The summed E-state index contributed by atoms with van der Waals surface area (Å²) in [6.45, 7) is 6.41. The Morgan fingerprint density at radius 2 is 1.58 bits per heavy atom. The Bertz CT molecular complexity index is 1660. The Kier molecular flexibility index (Phi) is 9.71. The number of aryl methyl sites for hydroxylation is 1. The molecule has 0 aromatic heterocycles. The molecule has 3 aromatic rings. The number of hydrogen-bond donors (Lipinski definition) is 1. The van der Waals surface area contributed by atoms with Crippen LogP contribution >= 0.6 is 0 Å². The Morgan fingerprint density at radius 3 is 2.26 bits per heavy atom. The molecule has 43 heavy (non-hydrogen) atoms. The van der Waals surface area contributed by atoms with Crippen molar-refractivity contribution in [3.05, 3.63) is 82.9 Å². The van der Waals surface area contributed by atoms with Gasteiger partial charge in [-0.25, -0.2) is 4.79 Å². The minimum Gasteiger partial charge on any atom is -0.493 e. The first kappa shape index (κ1) is 31.1. The third-order valence-electron chi connectivity index (χ3n) is 6.30. The minimum atomic E-state index is -4.15. The van der Waals surface area contributed by atoms with Gasteiger partial charge in [-0.1, -0.05) is 36.8 Å². The normalized spacial score (nSPS) is 14.5. The van der Waals surface area contributed by atoms with E-state index in [2.05, 4.69) is 5.32 Å². The minimum absolute atomic E-state index is 0.0305. The van der Waals surface area contributed by atoms with E-state index in [1.165, 1.54) is 43.5 Å². The van der Waals surface area contributed by atoms with Crippen LogP contribution in [0.3, 0.4) is 0 Å². The van der Waals surface area contributed by atoms with E-state index in [1.807, 2.05) is 20.8 Å². The fraction of sp³-hybridized carbons (Fsp3) is 0.258. The lowest BCUT2D eigenvalue weighted by Gasteiger charge is -2.26. The average molecular weight is 609 g/mol. The van der Waals surface area contributed by atoms with Crippen LogP contribution in [0.15, 0.2) is 71.1 Å². The van der Waals surface area contributed by atoms with Crippen molar-refractivity contribution in [3.63, 3.8) is 0 Å². The molecular formula is C31H32N2O9S. The van der Waals surface area contributed by atoms with E-state index in [0.29, 0.717) is 35.8 Å². The average Bonchev–Trinajstić information content (AvgIpc) is 2.98. The number of methoxy groups -OCH3 is 1. The Labute approximate surface area is 250 Å². The maximum Gasteiger partial charge on any atom is 0.339 e. The van der Waals surface area contributed by atoms with Gasteiger partial charge in [-0.3, -0.25) is 19.8 Å². The summed E-state index contributed by atoms with van der Waals surface area (Å²) in [5, 5.41) is 2.19. The maximum atomic E-state index is 13.3. The van der Waals surface area contributed by atoms with Gasteiger partial charge in [0.1, 0.15) is 10.5 Å². The van der Waals surface area contributed by atoms with E-state index >= 15 is 0 Å². The first-order valence-corrected chi connectivity index (χ1v) is 14.9. The standard InChI is InChI=1S/C31H32N2O9S/c1-5-15-41-25-13-10-22(18-28(25)40-6-2)19-33-30(35)24(29(34)32-31(33)36)16-21-9-14-26(27(17-21)39-4)42-43(37,38)23-11-7-20(3)8-12-23/h7-14,16-18H,5-6,15,19H2,1-4H3,(H,32,34,36)/b24-16+. The van der Waals surface area contributed by atoms with E-state index in [4.69, 9.17) is 18.4 Å².